The molecule has 6 heteroatoms. The number of rotatable bonds is 5. The Labute approximate surface area is 132 Å². The third kappa shape index (κ3) is 4.26. The Morgan fingerprint density at radius 2 is 1.82 bits per heavy atom. The molecule has 2 N–H and O–H groups in total. The molecule has 1 amide bonds. The number of halogens is 3. The molecule has 0 unspecified atom stereocenters. The van der Waals surface area contributed by atoms with Crippen LogP contribution in [0.25, 0.3) is 0 Å². The SMILES string of the molecule is C[C@@H](NCC(=O)Nc1c(F)cccc1F)c1cccc(Cl)c1. The molecule has 2 aromatic carbocycles. The average molecular weight is 325 g/mol. The molecule has 3 nitrogen and oxygen atoms in total. The van der Waals surface area contributed by atoms with Gasteiger partial charge in [0.1, 0.15) is 17.3 Å². The van der Waals surface area contributed by atoms with Gasteiger partial charge in [-0.2, -0.15) is 0 Å². The van der Waals surface area contributed by atoms with Crippen LogP contribution in [0.15, 0.2) is 42.5 Å². The highest BCUT2D eigenvalue weighted by Crippen LogP contribution is 2.19. The molecule has 2 rings (SSSR count). The Morgan fingerprint density at radius 3 is 2.45 bits per heavy atom. The Kier molecular flexibility index (Phi) is 5.46. The van der Waals surface area contributed by atoms with Crippen LogP contribution in [0.1, 0.15) is 18.5 Å². The van der Waals surface area contributed by atoms with E-state index in [2.05, 4.69) is 10.6 Å². The minimum absolute atomic E-state index is 0.0819. The third-order valence-corrected chi connectivity index (χ3v) is 3.38. The summed E-state index contributed by atoms with van der Waals surface area (Å²) in [6, 6.07) is 10.5. The van der Waals surface area contributed by atoms with Gasteiger partial charge < -0.3 is 10.6 Å². The van der Waals surface area contributed by atoms with Gasteiger partial charge in [-0.1, -0.05) is 29.8 Å². The van der Waals surface area contributed by atoms with Crippen molar-refractivity contribution in [2.75, 3.05) is 11.9 Å². The number of carbonyl (C=O) groups excluding carboxylic acids is 1. The fourth-order valence-corrected chi connectivity index (χ4v) is 2.14. The number of nitrogens with one attached hydrogen (secondary N) is 2. The second-order valence-electron chi connectivity index (χ2n) is 4.80. The summed E-state index contributed by atoms with van der Waals surface area (Å²) in [6.07, 6.45) is 0. The van der Waals surface area contributed by atoms with Crippen LogP contribution in [0, 0.1) is 11.6 Å². The van der Waals surface area contributed by atoms with Crippen molar-refractivity contribution in [1.29, 1.82) is 0 Å². The Morgan fingerprint density at radius 1 is 1.18 bits per heavy atom. The summed E-state index contributed by atoms with van der Waals surface area (Å²) in [5, 5.41) is 5.79. The number of amides is 1. The maximum absolute atomic E-state index is 13.4. The average Bonchev–Trinajstić information content (AvgIpc) is 2.48. The van der Waals surface area contributed by atoms with Gasteiger partial charge in [-0.3, -0.25) is 4.79 Å². The monoisotopic (exact) mass is 324 g/mol. The van der Waals surface area contributed by atoms with E-state index < -0.39 is 23.2 Å². The van der Waals surface area contributed by atoms with Gasteiger partial charge >= 0.3 is 0 Å². The van der Waals surface area contributed by atoms with Crippen molar-refractivity contribution in [2.45, 2.75) is 13.0 Å². The van der Waals surface area contributed by atoms with Crippen LogP contribution in [-0.2, 0) is 4.79 Å². The van der Waals surface area contributed by atoms with E-state index in [0.29, 0.717) is 5.02 Å². The number of anilines is 1. The van der Waals surface area contributed by atoms with Gasteiger partial charge in [0.15, 0.2) is 0 Å². The highest BCUT2D eigenvalue weighted by molar-refractivity contribution is 6.30. The lowest BCUT2D eigenvalue weighted by atomic mass is 10.1. The summed E-state index contributed by atoms with van der Waals surface area (Å²) < 4.78 is 26.9. The summed E-state index contributed by atoms with van der Waals surface area (Å²) in [7, 11) is 0. The minimum atomic E-state index is -0.809. The molecule has 22 heavy (non-hydrogen) atoms. The second-order valence-corrected chi connectivity index (χ2v) is 5.24. The van der Waals surface area contributed by atoms with Crippen molar-refractivity contribution in [3.05, 3.63) is 64.7 Å². The maximum atomic E-state index is 13.4. The van der Waals surface area contributed by atoms with Crippen LogP contribution in [0.3, 0.4) is 0 Å². The van der Waals surface area contributed by atoms with Gasteiger partial charge in [0.2, 0.25) is 5.91 Å². The highest BCUT2D eigenvalue weighted by atomic mass is 35.5. The normalized spacial score (nSPS) is 12.0. The maximum Gasteiger partial charge on any atom is 0.238 e. The van der Waals surface area contributed by atoms with Crippen LogP contribution in [0.5, 0.6) is 0 Å². The van der Waals surface area contributed by atoms with Gasteiger partial charge in [0.25, 0.3) is 0 Å². The van der Waals surface area contributed by atoms with Crippen LogP contribution >= 0.6 is 11.6 Å². The van der Waals surface area contributed by atoms with Crippen molar-refractivity contribution in [3.8, 4) is 0 Å². The summed E-state index contributed by atoms with van der Waals surface area (Å²) in [5.74, 6) is -2.15. The molecule has 0 bridgehead atoms. The van der Waals surface area contributed by atoms with E-state index in [-0.39, 0.29) is 12.6 Å². The van der Waals surface area contributed by atoms with Crippen LogP contribution in [0.2, 0.25) is 5.02 Å². The first-order valence-electron chi connectivity index (χ1n) is 6.70. The van der Waals surface area contributed by atoms with Gasteiger partial charge in [-0.05, 0) is 36.8 Å². The van der Waals surface area contributed by atoms with Crippen LogP contribution in [-0.4, -0.2) is 12.5 Å². The molecular formula is C16H15ClF2N2O. The molecule has 1 atom stereocenters. The first kappa shape index (κ1) is 16.4. The first-order chi connectivity index (χ1) is 10.5. The summed E-state index contributed by atoms with van der Waals surface area (Å²) in [6.45, 7) is 1.78. The van der Waals surface area contributed by atoms with E-state index in [1.165, 1.54) is 6.07 Å². The van der Waals surface area contributed by atoms with Gasteiger partial charge in [-0.25, -0.2) is 8.78 Å². The number of carbonyl (C=O) groups is 1. The topological polar surface area (TPSA) is 41.1 Å². The van der Waals surface area contributed by atoms with Crippen molar-refractivity contribution < 1.29 is 13.6 Å². The zero-order valence-corrected chi connectivity index (χ0v) is 12.6. The summed E-state index contributed by atoms with van der Waals surface area (Å²) in [5.41, 5.74) is 0.474. The lowest BCUT2D eigenvalue weighted by Crippen LogP contribution is -2.30. The molecule has 0 fully saturated rings. The summed E-state index contributed by atoms with van der Waals surface area (Å²) in [4.78, 5) is 11.8. The summed E-state index contributed by atoms with van der Waals surface area (Å²) >= 11 is 5.90. The molecule has 0 aliphatic carbocycles. The van der Waals surface area contributed by atoms with E-state index in [9.17, 15) is 13.6 Å². The molecule has 0 aromatic heterocycles. The molecule has 0 radical (unpaired) electrons. The minimum Gasteiger partial charge on any atom is -0.320 e. The third-order valence-electron chi connectivity index (χ3n) is 3.14. The molecule has 0 aliphatic heterocycles. The predicted molar refractivity (Wildman–Crippen MR) is 82.9 cm³/mol. The zero-order valence-electron chi connectivity index (χ0n) is 11.9. The molecule has 0 saturated carbocycles. The van der Waals surface area contributed by atoms with Crippen LogP contribution in [0.4, 0.5) is 14.5 Å². The van der Waals surface area contributed by atoms with E-state index in [4.69, 9.17) is 11.6 Å². The van der Waals surface area contributed by atoms with Crippen molar-refractivity contribution in [2.24, 2.45) is 0 Å². The van der Waals surface area contributed by atoms with E-state index >= 15 is 0 Å². The smallest absolute Gasteiger partial charge is 0.238 e. The largest absolute Gasteiger partial charge is 0.320 e. The standard InChI is InChI=1S/C16H15ClF2N2O/c1-10(11-4-2-5-12(17)8-11)20-9-15(22)21-16-13(18)6-3-7-14(16)19/h2-8,10,20H,9H2,1H3,(H,21,22)/t10-/m1/s1. The predicted octanol–water partition coefficient (Wildman–Crippen LogP) is 3.91. The number of benzene rings is 2. The van der Waals surface area contributed by atoms with Crippen molar-refractivity contribution in [1.82, 2.24) is 5.32 Å². The van der Waals surface area contributed by atoms with E-state index in [1.807, 2.05) is 19.1 Å². The van der Waals surface area contributed by atoms with Gasteiger partial charge in [0.05, 0.1) is 6.54 Å². The molecule has 0 saturated heterocycles. The molecule has 0 spiro atoms. The number of para-hydroxylation sites is 1. The molecule has 116 valence electrons. The molecule has 0 aliphatic rings. The van der Waals surface area contributed by atoms with Crippen LogP contribution < -0.4 is 10.6 Å². The zero-order chi connectivity index (χ0) is 16.1. The second kappa shape index (κ2) is 7.33. The number of hydrogen-bond acceptors (Lipinski definition) is 2. The highest BCUT2D eigenvalue weighted by Gasteiger charge is 2.13. The molecule has 0 heterocycles. The van der Waals surface area contributed by atoms with Gasteiger partial charge in [0, 0.05) is 11.1 Å². The van der Waals surface area contributed by atoms with Gasteiger partial charge in [-0.15, -0.1) is 0 Å². The lowest BCUT2D eigenvalue weighted by molar-refractivity contribution is -0.115. The van der Waals surface area contributed by atoms with E-state index in [1.54, 1.807) is 12.1 Å². The fraction of sp³-hybridized carbons (Fsp3) is 0.188. The fourth-order valence-electron chi connectivity index (χ4n) is 1.94. The molecular weight excluding hydrogens is 310 g/mol. The molecule has 2 aromatic rings. The Hall–Kier alpha value is -1.98. The Balaban J connectivity index is 1.93. The van der Waals surface area contributed by atoms with E-state index in [0.717, 1.165) is 17.7 Å². The lowest BCUT2D eigenvalue weighted by Gasteiger charge is -2.14. The first-order valence-corrected chi connectivity index (χ1v) is 7.08. The number of hydrogen-bond donors (Lipinski definition) is 2. The van der Waals surface area contributed by atoms with Crippen molar-refractivity contribution >= 4 is 23.2 Å². The quantitative estimate of drug-likeness (QED) is 0.875. The Bertz CT molecular complexity index is 659. The van der Waals surface area contributed by atoms with Crippen molar-refractivity contribution in [3.63, 3.8) is 0 Å².